The number of aromatic amines is 1. The number of sulfonamides is 1. The lowest BCUT2D eigenvalue weighted by Gasteiger charge is -2.09. The average molecular weight is 335 g/mol. The van der Waals surface area contributed by atoms with E-state index >= 15 is 0 Å². The molecule has 0 saturated carbocycles. The molecular formula is C13H13N5O4S. The van der Waals surface area contributed by atoms with Crippen LogP contribution < -0.4 is 10.4 Å². The zero-order chi connectivity index (χ0) is 16.6. The minimum absolute atomic E-state index is 0.0180. The van der Waals surface area contributed by atoms with E-state index in [-0.39, 0.29) is 4.90 Å². The van der Waals surface area contributed by atoms with E-state index in [0.717, 1.165) is 4.52 Å². The third kappa shape index (κ3) is 2.86. The van der Waals surface area contributed by atoms with E-state index in [1.165, 1.54) is 31.6 Å². The van der Waals surface area contributed by atoms with E-state index in [2.05, 4.69) is 19.8 Å². The Balaban J connectivity index is 2.02. The summed E-state index contributed by atoms with van der Waals surface area (Å²) < 4.78 is 27.1. The number of H-pyrrole nitrogens is 1. The fourth-order valence-electron chi connectivity index (χ4n) is 2.13. The SMILES string of the molecule is CC(O)NS(=O)(=O)c1ccc(-c2cnn3c(=O)[nH]cnc23)cc1. The van der Waals surface area contributed by atoms with Crippen molar-refractivity contribution < 1.29 is 13.5 Å². The normalized spacial score (nSPS) is 13.3. The lowest BCUT2D eigenvalue weighted by atomic mass is 10.1. The second kappa shape index (κ2) is 5.57. The molecule has 0 aliphatic carbocycles. The van der Waals surface area contributed by atoms with Crippen molar-refractivity contribution in [2.75, 3.05) is 0 Å². The zero-order valence-corrected chi connectivity index (χ0v) is 12.8. The third-order valence-electron chi connectivity index (χ3n) is 3.11. The van der Waals surface area contributed by atoms with E-state index in [1.807, 2.05) is 0 Å². The van der Waals surface area contributed by atoms with Crippen LogP contribution in [0.1, 0.15) is 6.92 Å². The van der Waals surface area contributed by atoms with Crippen LogP contribution in [0, 0.1) is 0 Å². The molecule has 0 radical (unpaired) electrons. The Bertz CT molecular complexity index is 1000. The van der Waals surface area contributed by atoms with Gasteiger partial charge in [-0.15, -0.1) is 0 Å². The molecule has 0 saturated heterocycles. The van der Waals surface area contributed by atoms with Crippen LogP contribution in [0.4, 0.5) is 0 Å². The molecule has 3 aromatic rings. The second-order valence-corrected chi connectivity index (χ2v) is 6.54. The van der Waals surface area contributed by atoms with E-state index in [0.29, 0.717) is 16.8 Å². The topological polar surface area (TPSA) is 129 Å². The molecule has 23 heavy (non-hydrogen) atoms. The van der Waals surface area contributed by atoms with Crippen molar-refractivity contribution in [1.29, 1.82) is 0 Å². The Kier molecular flexibility index (Phi) is 3.72. The first-order valence-corrected chi connectivity index (χ1v) is 8.09. The first-order valence-electron chi connectivity index (χ1n) is 6.61. The molecule has 3 N–H and O–H groups in total. The second-order valence-electron chi connectivity index (χ2n) is 4.82. The van der Waals surface area contributed by atoms with E-state index < -0.39 is 21.9 Å². The zero-order valence-electron chi connectivity index (χ0n) is 12.0. The number of nitrogens with zero attached hydrogens (tertiary/aromatic N) is 3. The van der Waals surface area contributed by atoms with Crippen LogP contribution in [0.5, 0.6) is 0 Å². The van der Waals surface area contributed by atoms with E-state index in [1.54, 1.807) is 12.1 Å². The predicted molar refractivity (Wildman–Crippen MR) is 81.0 cm³/mol. The number of aliphatic hydroxyl groups is 1. The summed E-state index contributed by atoms with van der Waals surface area (Å²) in [5.41, 5.74) is 1.21. The summed E-state index contributed by atoms with van der Waals surface area (Å²) in [5.74, 6) is 0. The fourth-order valence-corrected chi connectivity index (χ4v) is 3.21. The Morgan fingerprint density at radius 1 is 1.30 bits per heavy atom. The summed E-state index contributed by atoms with van der Waals surface area (Å²) in [7, 11) is -3.79. The largest absolute Gasteiger partial charge is 0.378 e. The number of hydrogen-bond donors (Lipinski definition) is 3. The van der Waals surface area contributed by atoms with Gasteiger partial charge in [-0.25, -0.2) is 18.2 Å². The van der Waals surface area contributed by atoms with Crippen molar-refractivity contribution in [1.82, 2.24) is 24.3 Å². The lowest BCUT2D eigenvalue weighted by molar-refractivity contribution is 0.184. The maximum Gasteiger partial charge on any atom is 0.349 e. The van der Waals surface area contributed by atoms with Crippen LogP contribution in [0.2, 0.25) is 0 Å². The lowest BCUT2D eigenvalue weighted by Crippen LogP contribution is -2.32. The van der Waals surface area contributed by atoms with Crippen molar-refractivity contribution in [3.05, 3.63) is 47.3 Å². The quantitative estimate of drug-likeness (QED) is 0.561. The van der Waals surface area contributed by atoms with Gasteiger partial charge in [0.05, 0.1) is 17.4 Å². The highest BCUT2D eigenvalue weighted by Gasteiger charge is 2.16. The first kappa shape index (κ1) is 15.3. The monoisotopic (exact) mass is 335 g/mol. The van der Waals surface area contributed by atoms with Gasteiger partial charge in [-0.05, 0) is 24.6 Å². The molecule has 1 unspecified atom stereocenters. The molecule has 10 heteroatoms. The molecule has 3 rings (SSSR count). The highest BCUT2D eigenvalue weighted by molar-refractivity contribution is 7.89. The molecule has 1 aromatic carbocycles. The number of benzene rings is 1. The third-order valence-corrected chi connectivity index (χ3v) is 4.66. The van der Waals surface area contributed by atoms with Gasteiger partial charge in [-0.3, -0.25) is 4.98 Å². The molecule has 0 spiro atoms. The molecule has 0 aliphatic heterocycles. The minimum Gasteiger partial charge on any atom is -0.378 e. The van der Waals surface area contributed by atoms with Gasteiger partial charge in [0.1, 0.15) is 6.23 Å². The average Bonchev–Trinajstić information content (AvgIpc) is 2.91. The summed E-state index contributed by atoms with van der Waals surface area (Å²) in [6.07, 6.45) is 1.57. The van der Waals surface area contributed by atoms with Crippen LogP contribution in [-0.2, 0) is 10.0 Å². The summed E-state index contributed by atoms with van der Waals surface area (Å²) in [5, 5.41) is 13.1. The molecule has 0 amide bonds. The minimum atomic E-state index is -3.79. The number of hydrogen-bond acceptors (Lipinski definition) is 6. The number of nitrogens with one attached hydrogen (secondary N) is 2. The standard InChI is InChI=1S/C13H13N5O4S/c1-8(19)17-23(21,22)10-4-2-9(3-5-10)11-6-16-18-12(11)14-7-15-13(18)20/h2-8,17,19H,1H3,(H,14,15,20). The highest BCUT2D eigenvalue weighted by Crippen LogP contribution is 2.23. The van der Waals surface area contributed by atoms with Gasteiger partial charge in [0.2, 0.25) is 10.0 Å². The summed E-state index contributed by atoms with van der Waals surface area (Å²) in [6, 6.07) is 5.96. The Hall–Kier alpha value is -2.56. The molecule has 0 bridgehead atoms. The maximum atomic E-state index is 12.0. The van der Waals surface area contributed by atoms with Crippen LogP contribution in [0.3, 0.4) is 0 Å². The van der Waals surface area contributed by atoms with Crippen LogP contribution in [-0.4, -0.2) is 39.3 Å². The van der Waals surface area contributed by atoms with Crippen LogP contribution in [0.25, 0.3) is 16.8 Å². The Morgan fingerprint density at radius 3 is 2.65 bits per heavy atom. The van der Waals surface area contributed by atoms with Crippen molar-refractivity contribution in [2.24, 2.45) is 0 Å². The molecule has 2 heterocycles. The van der Waals surface area contributed by atoms with Crippen molar-refractivity contribution in [2.45, 2.75) is 18.0 Å². The van der Waals surface area contributed by atoms with Gasteiger partial charge in [-0.1, -0.05) is 12.1 Å². The molecule has 9 nitrogen and oxygen atoms in total. The smallest absolute Gasteiger partial charge is 0.349 e. The predicted octanol–water partition coefficient (Wildman–Crippen LogP) is -0.299. The number of aromatic nitrogens is 4. The first-order chi connectivity index (χ1) is 10.9. The number of aliphatic hydroxyl groups excluding tert-OH is 1. The van der Waals surface area contributed by atoms with Gasteiger partial charge in [0.25, 0.3) is 0 Å². The van der Waals surface area contributed by atoms with Crippen molar-refractivity contribution >= 4 is 15.7 Å². The summed E-state index contributed by atoms with van der Waals surface area (Å²) in [6.45, 7) is 1.31. The van der Waals surface area contributed by atoms with Crippen molar-refractivity contribution in [3.63, 3.8) is 0 Å². The molecule has 0 fully saturated rings. The Labute approximate surface area is 130 Å². The molecule has 0 aliphatic rings. The van der Waals surface area contributed by atoms with Gasteiger partial charge < -0.3 is 5.11 Å². The van der Waals surface area contributed by atoms with E-state index in [4.69, 9.17) is 5.11 Å². The van der Waals surface area contributed by atoms with Crippen molar-refractivity contribution in [3.8, 4) is 11.1 Å². The molecule has 1 atom stereocenters. The molecular weight excluding hydrogens is 322 g/mol. The van der Waals surface area contributed by atoms with Gasteiger partial charge in [0.15, 0.2) is 5.65 Å². The fraction of sp³-hybridized carbons (Fsp3) is 0.154. The number of rotatable bonds is 4. The number of fused-ring (bicyclic) bond motifs is 1. The van der Waals surface area contributed by atoms with Gasteiger partial charge in [-0.2, -0.15) is 14.3 Å². The Morgan fingerprint density at radius 2 is 2.00 bits per heavy atom. The van der Waals surface area contributed by atoms with Crippen LogP contribution in [0.15, 0.2) is 46.5 Å². The summed E-state index contributed by atoms with van der Waals surface area (Å²) in [4.78, 5) is 18.1. The molecule has 120 valence electrons. The van der Waals surface area contributed by atoms with E-state index in [9.17, 15) is 13.2 Å². The summed E-state index contributed by atoms with van der Waals surface area (Å²) >= 11 is 0. The van der Waals surface area contributed by atoms with Gasteiger partial charge >= 0.3 is 5.69 Å². The maximum absolute atomic E-state index is 12.0. The highest BCUT2D eigenvalue weighted by atomic mass is 32.2. The van der Waals surface area contributed by atoms with Gasteiger partial charge in [0, 0.05) is 5.56 Å². The van der Waals surface area contributed by atoms with Crippen LogP contribution >= 0.6 is 0 Å². The molecule has 2 aromatic heterocycles.